The van der Waals surface area contributed by atoms with Crippen molar-refractivity contribution >= 4 is 24.8 Å². The summed E-state index contributed by atoms with van der Waals surface area (Å²) in [6.45, 7) is 11.4. The van der Waals surface area contributed by atoms with Crippen LogP contribution in [0.5, 0.6) is 5.75 Å². The third kappa shape index (κ3) is 5.13. The van der Waals surface area contributed by atoms with Crippen LogP contribution in [0, 0.1) is 12.7 Å². The molecule has 1 aliphatic rings. The van der Waals surface area contributed by atoms with Gasteiger partial charge in [-0.05, 0) is 31.9 Å². The number of nitrogens with zero attached hydrogens (tertiary/aromatic N) is 1. The molecule has 6 heteroatoms. The van der Waals surface area contributed by atoms with Crippen molar-refractivity contribution in [3.63, 3.8) is 0 Å². The number of aryl methyl sites for hydroxylation is 1. The van der Waals surface area contributed by atoms with Crippen molar-refractivity contribution in [3.8, 4) is 5.75 Å². The van der Waals surface area contributed by atoms with Crippen LogP contribution in [0.3, 0.4) is 0 Å². The summed E-state index contributed by atoms with van der Waals surface area (Å²) in [6.07, 6.45) is 0.733. The first-order valence-corrected chi connectivity index (χ1v) is 7.07. The molecule has 2 rings (SSSR count). The molecule has 1 aromatic rings. The monoisotopic (exact) mass is 350 g/mol. The molecule has 1 aromatic carbocycles. The minimum Gasteiger partial charge on any atom is -0.505 e. The van der Waals surface area contributed by atoms with Gasteiger partial charge in [0.2, 0.25) is 0 Å². The molecule has 3 nitrogen and oxygen atoms in total. The molecule has 22 heavy (non-hydrogen) atoms. The Balaban J connectivity index is 0.00000220. The SMILES string of the molecule is C=C(C)C[C@H](c1cc(C)cc(F)c1O)N1CCNCC1.Cl.Cl. The first kappa shape index (κ1) is 21.2. The van der Waals surface area contributed by atoms with Crippen LogP contribution in [-0.4, -0.2) is 36.2 Å². The molecule has 1 heterocycles. The van der Waals surface area contributed by atoms with Gasteiger partial charge in [0, 0.05) is 37.8 Å². The highest BCUT2D eigenvalue weighted by molar-refractivity contribution is 5.85. The Morgan fingerprint density at radius 1 is 1.36 bits per heavy atom. The number of nitrogens with one attached hydrogen (secondary N) is 1. The highest BCUT2D eigenvalue weighted by atomic mass is 35.5. The maximum absolute atomic E-state index is 13.8. The molecular weight excluding hydrogens is 326 g/mol. The molecule has 0 spiro atoms. The second-order valence-electron chi connectivity index (χ2n) is 5.65. The molecule has 0 saturated carbocycles. The number of aromatic hydroxyl groups is 1. The van der Waals surface area contributed by atoms with E-state index in [0.717, 1.165) is 43.7 Å². The maximum atomic E-state index is 13.8. The van der Waals surface area contributed by atoms with Crippen LogP contribution in [0.4, 0.5) is 4.39 Å². The molecule has 0 radical (unpaired) electrons. The van der Waals surface area contributed by atoms with Crippen LogP contribution < -0.4 is 5.32 Å². The molecule has 0 amide bonds. The lowest BCUT2D eigenvalue weighted by atomic mass is 9.95. The van der Waals surface area contributed by atoms with Gasteiger partial charge in [-0.2, -0.15) is 0 Å². The van der Waals surface area contributed by atoms with Gasteiger partial charge in [-0.15, -0.1) is 31.4 Å². The summed E-state index contributed by atoms with van der Waals surface area (Å²) in [5.74, 6) is -0.762. The number of halogens is 3. The Morgan fingerprint density at radius 2 is 1.95 bits per heavy atom. The molecule has 0 aromatic heterocycles. The van der Waals surface area contributed by atoms with Crippen LogP contribution in [0.1, 0.15) is 30.5 Å². The molecule has 0 aliphatic carbocycles. The zero-order valence-electron chi connectivity index (χ0n) is 13.1. The molecule has 1 saturated heterocycles. The zero-order chi connectivity index (χ0) is 14.7. The quantitative estimate of drug-likeness (QED) is 0.814. The minimum absolute atomic E-state index is 0. The number of rotatable bonds is 4. The first-order valence-electron chi connectivity index (χ1n) is 7.07. The lowest BCUT2D eigenvalue weighted by Crippen LogP contribution is -2.45. The second kappa shape index (κ2) is 9.36. The summed E-state index contributed by atoms with van der Waals surface area (Å²) in [7, 11) is 0. The van der Waals surface area contributed by atoms with Crippen molar-refractivity contribution in [1.29, 1.82) is 0 Å². The zero-order valence-corrected chi connectivity index (χ0v) is 14.7. The average Bonchev–Trinajstić information content (AvgIpc) is 2.41. The summed E-state index contributed by atoms with van der Waals surface area (Å²) >= 11 is 0. The molecule has 126 valence electrons. The number of phenols is 1. The van der Waals surface area contributed by atoms with Crippen LogP contribution in [0.25, 0.3) is 0 Å². The van der Waals surface area contributed by atoms with Crippen LogP contribution >= 0.6 is 24.8 Å². The van der Waals surface area contributed by atoms with Gasteiger partial charge in [0.15, 0.2) is 11.6 Å². The number of phenolic OH excluding ortho intramolecular Hbond substituents is 1. The summed E-state index contributed by atoms with van der Waals surface area (Å²) < 4.78 is 13.8. The van der Waals surface area contributed by atoms with Crippen LogP contribution in [0.2, 0.25) is 0 Å². The highest BCUT2D eigenvalue weighted by Gasteiger charge is 2.26. The number of benzene rings is 1. The molecule has 1 aliphatic heterocycles. The van der Waals surface area contributed by atoms with Crippen LogP contribution in [-0.2, 0) is 0 Å². The van der Waals surface area contributed by atoms with Gasteiger partial charge in [0.1, 0.15) is 0 Å². The molecule has 1 atom stereocenters. The fourth-order valence-corrected chi connectivity index (χ4v) is 2.78. The third-order valence-electron chi connectivity index (χ3n) is 3.73. The molecule has 2 N–H and O–H groups in total. The van der Waals surface area contributed by atoms with E-state index in [0.29, 0.717) is 5.56 Å². The van der Waals surface area contributed by atoms with Crippen molar-refractivity contribution in [3.05, 3.63) is 41.2 Å². The number of hydrogen-bond donors (Lipinski definition) is 2. The van der Waals surface area contributed by atoms with Crippen molar-refractivity contribution in [1.82, 2.24) is 10.2 Å². The van der Waals surface area contributed by atoms with Crippen molar-refractivity contribution in [2.24, 2.45) is 0 Å². The van der Waals surface area contributed by atoms with E-state index in [-0.39, 0.29) is 36.6 Å². The third-order valence-corrected chi connectivity index (χ3v) is 3.73. The van der Waals surface area contributed by atoms with E-state index < -0.39 is 5.82 Å². The smallest absolute Gasteiger partial charge is 0.165 e. The van der Waals surface area contributed by atoms with Gasteiger partial charge in [-0.3, -0.25) is 4.90 Å². The first-order chi connectivity index (χ1) is 9.49. The fourth-order valence-electron chi connectivity index (χ4n) is 2.78. The van der Waals surface area contributed by atoms with Crippen molar-refractivity contribution in [2.45, 2.75) is 26.3 Å². The number of hydrogen-bond acceptors (Lipinski definition) is 3. The van der Waals surface area contributed by atoms with E-state index in [9.17, 15) is 9.50 Å². The fraction of sp³-hybridized carbons (Fsp3) is 0.500. The van der Waals surface area contributed by atoms with Crippen molar-refractivity contribution < 1.29 is 9.50 Å². The summed E-state index contributed by atoms with van der Waals surface area (Å²) in [4.78, 5) is 2.29. The van der Waals surface area contributed by atoms with E-state index in [1.54, 1.807) is 0 Å². The summed E-state index contributed by atoms with van der Waals surface area (Å²) in [6, 6.07) is 3.24. The minimum atomic E-state index is -0.540. The number of piperazine rings is 1. The Kier molecular flexibility index (Phi) is 9.01. The molecule has 0 bridgehead atoms. The topological polar surface area (TPSA) is 35.5 Å². The molecule has 1 fully saturated rings. The van der Waals surface area contributed by atoms with E-state index >= 15 is 0 Å². The van der Waals surface area contributed by atoms with Gasteiger partial charge in [-0.1, -0.05) is 11.6 Å². The predicted octanol–water partition coefficient (Wildman–Crippen LogP) is 3.60. The Morgan fingerprint density at radius 3 is 2.50 bits per heavy atom. The normalized spacial score (nSPS) is 16.3. The highest BCUT2D eigenvalue weighted by Crippen LogP contribution is 2.35. The standard InChI is InChI=1S/C16H23FN2O.2ClH/c1-11(2)8-15(19-6-4-18-5-7-19)13-9-12(3)10-14(17)16(13)20;;/h9-10,15,18,20H,1,4-8H2,2-3H3;2*1H/t15-;;/m1../s1. The van der Waals surface area contributed by atoms with E-state index in [4.69, 9.17) is 0 Å². The van der Waals surface area contributed by atoms with Crippen molar-refractivity contribution in [2.75, 3.05) is 26.2 Å². The average molecular weight is 351 g/mol. The summed E-state index contributed by atoms with van der Waals surface area (Å²) in [5.41, 5.74) is 2.54. The summed E-state index contributed by atoms with van der Waals surface area (Å²) in [5, 5.41) is 13.4. The second-order valence-corrected chi connectivity index (χ2v) is 5.65. The lowest BCUT2D eigenvalue weighted by Gasteiger charge is -2.36. The van der Waals surface area contributed by atoms with E-state index in [1.807, 2.05) is 19.9 Å². The van der Waals surface area contributed by atoms with E-state index in [2.05, 4.69) is 16.8 Å². The van der Waals surface area contributed by atoms with Gasteiger partial charge in [-0.25, -0.2) is 4.39 Å². The van der Waals surface area contributed by atoms with Gasteiger partial charge < -0.3 is 10.4 Å². The lowest BCUT2D eigenvalue weighted by molar-refractivity contribution is 0.169. The Bertz CT molecular complexity index is 505. The predicted molar refractivity (Wildman–Crippen MR) is 93.9 cm³/mol. The molecule has 0 unspecified atom stereocenters. The van der Waals surface area contributed by atoms with Gasteiger partial charge >= 0.3 is 0 Å². The van der Waals surface area contributed by atoms with Gasteiger partial charge in [0.25, 0.3) is 0 Å². The van der Waals surface area contributed by atoms with Crippen LogP contribution in [0.15, 0.2) is 24.3 Å². The maximum Gasteiger partial charge on any atom is 0.165 e. The Hall–Kier alpha value is -0.810. The van der Waals surface area contributed by atoms with E-state index in [1.165, 1.54) is 6.07 Å². The van der Waals surface area contributed by atoms with Gasteiger partial charge in [0.05, 0.1) is 0 Å². The molecular formula is C16H25Cl2FN2O. The Labute approximate surface area is 144 Å². The largest absolute Gasteiger partial charge is 0.505 e.